The van der Waals surface area contributed by atoms with Crippen LogP contribution in [0.15, 0.2) is 0 Å². The number of amides is 1. The van der Waals surface area contributed by atoms with Gasteiger partial charge in [0.15, 0.2) is 0 Å². The van der Waals surface area contributed by atoms with Crippen LogP contribution in [0, 0.1) is 5.92 Å². The number of rotatable bonds is 7. The van der Waals surface area contributed by atoms with Gasteiger partial charge in [-0.05, 0) is 25.7 Å². The van der Waals surface area contributed by atoms with Crippen LogP contribution < -0.4 is 11.1 Å². The van der Waals surface area contributed by atoms with Crippen LogP contribution in [-0.2, 0) is 4.79 Å². The van der Waals surface area contributed by atoms with E-state index in [1.165, 1.54) is 0 Å². The zero-order chi connectivity index (χ0) is 12.8. The highest BCUT2D eigenvalue weighted by Crippen LogP contribution is 2.15. The first kappa shape index (κ1) is 15.4. The van der Waals surface area contributed by atoms with Crippen molar-refractivity contribution in [3.8, 4) is 0 Å². The summed E-state index contributed by atoms with van der Waals surface area (Å²) in [4.78, 5) is 11.9. The minimum atomic E-state index is -0.463. The molecular formula is C12H26N2O2. The van der Waals surface area contributed by atoms with Crippen molar-refractivity contribution in [1.29, 1.82) is 0 Å². The molecule has 0 aliphatic carbocycles. The van der Waals surface area contributed by atoms with Crippen LogP contribution in [0.25, 0.3) is 0 Å². The second-order valence-electron chi connectivity index (χ2n) is 4.79. The lowest BCUT2D eigenvalue weighted by Gasteiger charge is -2.31. The largest absolute Gasteiger partial charge is 0.396 e. The van der Waals surface area contributed by atoms with E-state index in [2.05, 4.69) is 5.32 Å². The number of carbonyl (C=O) groups is 1. The molecule has 0 aliphatic heterocycles. The Bertz CT molecular complexity index is 221. The number of nitrogens with two attached hydrogens (primary N) is 1. The van der Waals surface area contributed by atoms with E-state index in [4.69, 9.17) is 10.8 Å². The predicted molar refractivity (Wildman–Crippen MR) is 66.0 cm³/mol. The van der Waals surface area contributed by atoms with Crippen molar-refractivity contribution < 1.29 is 9.90 Å². The number of nitrogens with one attached hydrogen (secondary N) is 1. The SMILES string of the molecule is CC[C@H](C)[C@H](N)C(=O)NC(C)(CC)CCO. The Morgan fingerprint density at radius 2 is 2.06 bits per heavy atom. The Balaban J connectivity index is 4.40. The van der Waals surface area contributed by atoms with Crippen LogP contribution in [0.4, 0.5) is 0 Å². The zero-order valence-corrected chi connectivity index (χ0v) is 10.9. The monoisotopic (exact) mass is 230 g/mol. The van der Waals surface area contributed by atoms with E-state index in [1.54, 1.807) is 0 Å². The lowest BCUT2D eigenvalue weighted by atomic mass is 9.92. The van der Waals surface area contributed by atoms with Gasteiger partial charge in [0.05, 0.1) is 6.04 Å². The summed E-state index contributed by atoms with van der Waals surface area (Å²) in [6.45, 7) is 7.99. The molecule has 0 bridgehead atoms. The third kappa shape index (κ3) is 4.49. The van der Waals surface area contributed by atoms with Crippen molar-refractivity contribution >= 4 is 5.91 Å². The van der Waals surface area contributed by atoms with E-state index in [0.29, 0.717) is 6.42 Å². The molecular weight excluding hydrogens is 204 g/mol. The molecule has 0 aromatic rings. The molecule has 3 atom stereocenters. The van der Waals surface area contributed by atoms with Gasteiger partial charge in [-0.1, -0.05) is 27.2 Å². The highest BCUT2D eigenvalue weighted by atomic mass is 16.3. The number of aliphatic hydroxyl groups is 1. The van der Waals surface area contributed by atoms with E-state index in [9.17, 15) is 4.79 Å². The number of hydrogen-bond donors (Lipinski definition) is 3. The zero-order valence-electron chi connectivity index (χ0n) is 10.9. The topological polar surface area (TPSA) is 75.4 Å². The fraction of sp³-hybridized carbons (Fsp3) is 0.917. The van der Waals surface area contributed by atoms with E-state index < -0.39 is 6.04 Å². The van der Waals surface area contributed by atoms with Gasteiger partial charge in [0.2, 0.25) is 5.91 Å². The highest BCUT2D eigenvalue weighted by molar-refractivity contribution is 5.82. The van der Waals surface area contributed by atoms with E-state index in [-0.39, 0.29) is 24.0 Å². The molecule has 4 N–H and O–H groups in total. The Morgan fingerprint density at radius 3 is 2.44 bits per heavy atom. The lowest BCUT2D eigenvalue weighted by molar-refractivity contribution is -0.125. The van der Waals surface area contributed by atoms with Gasteiger partial charge in [-0.25, -0.2) is 0 Å². The van der Waals surface area contributed by atoms with Crippen LogP contribution in [-0.4, -0.2) is 29.2 Å². The molecule has 1 unspecified atom stereocenters. The molecule has 4 nitrogen and oxygen atoms in total. The van der Waals surface area contributed by atoms with Gasteiger partial charge in [-0.15, -0.1) is 0 Å². The summed E-state index contributed by atoms with van der Waals surface area (Å²) in [5.41, 5.74) is 5.50. The number of carbonyl (C=O) groups excluding carboxylic acids is 1. The molecule has 0 aliphatic rings. The summed E-state index contributed by atoms with van der Waals surface area (Å²) in [5, 5.41) is 11.9. The van der Waals surface area contributed by atoms with Crippen LogP contribution in [0.1, 0.15) is 47.0 Å². The highest BCUT2D eigenvalue weighted by Gasteiger charge is 2.28. The molecule has 0 rings (SSSR count). The predicted octanol–water partition coefficient (Wildman–Crippen LogP) is 1.03. The first-order chi connectivity index (χ1) is 7.40. The first-order valence-corrected chi connectivity index (χ1v) is 6.08. The average molecular weight is 230 g/mol. The molecule has 16 heavy (non-hydrogen) atoms. The van der Waals surface area contributed by atoms with Gasteiger partial charge in [0.25, 0.3) is 0 Å². The molecule has 96 valence electrons. The molecule has 0 fully saturated rings. The summed E-state index contributed by atoms with van der Waals surface area (Å²) in [7, 11) is 0. The van der Waals surface area contributed by atoms with Crippen molar-refractivity contribution in [3.05, 3.63) is 0 Å². The molecule has 0 saturated heterocycles. The Labute approximate surface area is 98.6 Å². The van der Waals surface area contributed by atoms with Gasteiger partial charge in [-0.2, -0.15) is 0 Å². The normalized spacial score (nSPS) is 18.6. The molecule has 0 aromatic carbocycles. The molecule has 0 aromatic heterocycles. The van der Waals surface area contributed by atoms with Crippen molar-refractivity contribution in [3.63, 3.8) is 0 Å². The van der Waals surface area contributed by atoms with Gasteiger partial charge in [0.1, 0.15) is 0 Å². The molecule has 1 amide bonds. The Kier molecular flexibility index (Phi) is 6.60. The maximum Gasteiger partial charge on any atom is 0.237 e. The van der Waals surface area contributed by atoms with Crippen molar-refractivity contribution in [2.75, 3.05) is 6.61 Å². The van der Waals surface area contributed by atoms with E-state index >= 15 is 0 Å². The maximum absolute atomic E-state index is 11.9. The quantitative estimate of drug-likeness (QED) is 0.611. The second-order valence-corrected chi connectivity index (χ2v) is 4.79. The van der Waals surface area contributed by atoms with Crippen molar-refractivity contribution in [1.82, 2.24) is 5.32 Å². The van der Waals surface area contributed by atoms with Gasteiger partial charge in [0, 0.05) is 12.1 Å². The number of aliphatic hydroxyl groups excluding tert-OH is 1. The van der Waals surface area contributed by atoms with Crippen molar-refractivity contribution in [2.24, 2.45) is 11.7 Å². The number of hydrogen-bond acceptors (Lipinski definition) is 3. The summed E-state index contributed by atoms with van der Waals surface area (Å²) in [5.74, 6) is 0.0578. The Morgan fingerprint density at radius 1 is 1.50 bits per heavy atom. The van der Waals surface area contributed by atoms with Gasteiger partial charge in [-0.3, -0.25) is 4.79 Å². The maximum atomic E-state index is 11.9. The first-order valence-electron chi connectivity index (χ1n) is 6.08. The van der Waals surface area contributed by atoms with Gasteiger partial charge < -0.3 is 16.2 Å². The van der Waals surface area contributed by atoms with Crippen LogP contribution in [0.2, 0.25) is 0 Å². The van der Waals surface area contributed by atoms with Crippen LogP contribution in [0.3, 0.4) is 0 Å². The second kappa shape index (κ2) is 6.86. The molecule has 0 heterocycles. The van der Waals surface area contributed by atoms with Gasteiger partial charge >= 0.3 is 0 Å². The van der Waals surface area contributed by atoms with Crippen LogP contribution >= 0.6 is 0 Å². The van der Waals surface area contributed by atoms with E-state index in [1.807, 2.05) is 27.7 Å². The fourth-order valence-corrected chi connectivity index (χ4v) is 1.47. The smallest absolute Gasteiger partial charge is 0.237 e. The standard InChI is InChI=1S/C12H26N2O2/c1-5-9(3)10(13)11(16)14-12(4,6-2)7-8-15/h9-10,15H,5-8,13H2,1-4H3,(H,14,16)/t9-,10-,12?/m0/s1. The molecule has 0 spiro atoms. The minimum absolute atomic E-state index is 0.0726. The summed E-state index contributed by atoms with van der Waals surface area (Å²) in [6, 6.07) is -0.463. The van der Waals surface area contributed by atoms with Crippen LogP contribution in [0.5, 0.6) is 0 Å². The van der Waals surface area contributed by atoms with Crippen molar-refractivity contribution in [2.45, 2.75) is 58.5 Å². The Hall–Kier alpha value is -0.610. The fourth-order valence-electron chi connectivity index (χ4n) is 1.47. The summed E-state index contributed by atoms with van der Waals surface area (Å²) in [6.07, 6.45) is 2.23. The third-order valence-electron chi connectivity index (χ3n) is 3.43. The lowest BCUT2D eigenvalue weighted by Crippen LogP contribution is -2.53. The average Bonchev–Trinajstić information content (AvgIpc) is 2.27. The van der Waals surface area contributed by atoms with E-state index in [0.717, 1.165) is 12.8 Å². The molecule has 4 heteroatoms. The molecule has 0 saturated carbocycles. The summed E-state index contributed by atoms with van der Waals surface area (Å²) < 4.78 is 0. The minimum Gasteiger partial charge on any atom is -0.396 e. The molecule has 0 radical (unpaired) electrons. The third-order valence-corrected chi connectivity index (χ3v) is 3.43. The summed E-state index contributed by atoms with van der Waals surface area (Å²) >= 11 is 0.